The van der Waals surface area contributed by atoms with Gasteiger partial charge in [-0.2, -0.15) is 0 Å². The highest BCUT2D eigenvalue weighted by molar-refractivity contribution is 5.85. The highest BCUT2D eigenvalue weighted by Crippen LogP contribution is 2.40. The number of carbonyl (C=O) groups excluding carboxylic acids is 2. The van der Waals surface area contributed by atoms with Gasteiger partial charge < -0.3 is 15.2 Å². The van der Waals surface area contributed by atoms with E-state index in [-0.39, 0.29) is 29.3 Å². The number of anilines is 1. The first-order chi connectivity index (χ1) is 16.5. The van der Waals surface area contributed by atoms with Crippen LogP contribution in [-0.2, 0) is 9.59 Å². The van der Waals surface area contributed by atoms with Gasteiger partial charge in [0, 0.05) is 18.6 Å². The van der Waals surface area contributed by atoms with Crippen LogP contribution in [0.15, 0.2) is 76.9 Å². The van der Waals surface area contributed by atoms with E-state index < -0.39 is 5.97 Å². The minimum atomic E-state index is -0.523. The van der Waals surface area contributed by atoms with Crippen LogP contribution in [0.3, 0.4) is 0 Å². The molecule has 0 saturated heterocycles. The molecule has 0 spiro atoms. The summed E-state index contributed by atoms with van der Waals surface area (Å²) in [6, 6.07) is 4.55. The lowest BCUT2D eigenvalue weighted by molar-refractivity contribution is -0.134. The molecule has 0 fully saturated rings. The molecule has 0 bridgehead atoms. The van der Waals surface area contributed by atoms with Crippen molar-refractivity contribution < 1.29 is 19.1 Å². The van der Waals surface area contributed by atoms with Crippen LogP contribution in [-0.4, -0.2) is 11.9 Å². The largest absolute Gasteiger partial charge is 0.424 e. The topological polar surface area (TPSA) is 78.6 Å². The van der Waals surface area contributed by atoms with Gasteiger partial charge >= 0.3 is 11.9 Å². The van der Waals surface area contributed by atoms with E-state index in [1.54, 1.807) is 12.1 Å². The Labute approximate surface area is 210 Å². The molecule has 2 N–H and O–H groups in total. The smallest absolute Gasteiger partial charge is 0.336 e. The second-order valence-corrected chi connectivity index (χ2v) is 9.77. The summed E-state index contributed by atoms with van der Waals surface area (Å²) in [5, 5.41) is 0. The Balaban J connectivity index is 1.99. The molecule has 1 aromatic carbocycles. The van der Waals surface area contributed by atoms with Crippen LogP contribution in [0.4, 0.5) is 5.69 Å². The van der Waals surface area contributed by atoms with Crippen molar-refractivity contribution >= 4 is 17.6 Å². The quantitative estimate of drug-likeness (QED) is 0.132. The highest BCUT2D eigenvalue weighted by atomic mass is 16.5. The van der Waals surface area contributed by atoms with E-state index in [0.717, 1.165) is 11.1 Å². The molecule has 0 aromatic heterocycles. The zero-order valence-electron chi connectivity index (χ0n) is 21.9. The second-order valence-electron chi connectivity index (χ2n) is 9.77. The number of ether oxygens (including phenoxy) is 2. The molecule has 1 aromatic rings. The van der Waals surface area contributed by atoms with E-state index in [1.807, 2.05) is 32.1 Å². The van der Waals surface area contributed by atoms with Crippen molar-refractivity contribution in [1.29, 1.82) is 0 Å². The monoisotopic (exact) mass is 477 g/mol. The summed E-state index contributed by atoms with van der Waals surface area (Å²) < 4.78 is 10.6. The van der Waals surface area contributed by atoms with Crippen molar-refractivity contribution in [2.45, 2.75) is 73.6 Å². The van der Waals surface area contributed by atoms with Crippen LogP contribution in [0, 0.1) is 5.41 Å². The van der Waals surface area contributed by atoms with Gasteiger partial charge in [-0.1, -0.05) is 62.3 Å². The maximum atomic E-state index is 12.3. The normalized spacial score (nSPS) is 16.7. The molecule has 0 amide bonds. The lowest BCUT2D eigenvalue weighted by atomic mass is 9.72. The van der Waals surface area contributed by atoms with E-state index in [2.05, 4.69) is 39.8 Å². The number of hydrogen-bond donors (Lipinski definition) is 1. The number of benzene rings is 1. The lowest BCUT2D eigenvalue weighted by Gasteiger charge is -2.32. The number of hydrogen-bond acceptors (Lipinski definition) is 5. The Bertz CT molecular complexity index is 1080. The van der Waals surface area contributed by atoms with Gasteiger partial charge in [-0.15, -0.1) is 0 Å². The van der Waals surface area contributed by atoms with Crippen LogP contribution in [0.1, 0.15) is 73.6 Å². The summed E-state index contributed by atoms with van der Waals surface area (Å²) in [6.07, 6.45) is 16.2. The number of allylic oxidation sites excluding steroid dienone is 9. The predicted molar refractivity (Wildman–Crippen MR) is 143 cm³/mol. The third-order valence-electron chi connectivity index (χ3n) is 6.00. The molecule has 0 unspecified atom stereocenters. The fourth-order valence-electron chi connectivity index (χ4n) is 4.06. The molecule has 5 heteroatoms. The zero-order valence-corrected chi connectivity index (χ0v) is 21.9. The fourth-order valence-corrected chi connectivity index (χ4v) is 4.06. The van der Waals surface area contributed by atoms with Crippen molar-refractivity contribution in [3.8, 4) is 11.5 Å². The van der Waals surface area contributed by atoms with E-state index in [1.165, 1.54) is 42.6 Å². The van der Waals surface area contributed by atoms with Crippen LogP contribution in [0.2, 0.25) is 0 Å². The summed E-state index contributed by atoms with van der Waals surface area (Å²) >= 11 is 0. The molecule has 0 saturated carbocycles. The standard InChI is InChI=1S/C30H39NO4/c1-7-10-28(32)35-27-20-24(15-17-26(27)31)34-29(33)19-22(3)12-8-11-21(2)14-16-25-23(4)13-9-18-30(25,5)6/h8,11-12,14-17,19-20H,7,9-10,13,18,31H2,1-6H3/b12-8+,16-14+,21-11+,22-19+. The van der Waals surface area contributed by atoms with E-state index in [0.29, 0.717) is 12.1 Å². The number of nitrogens with two attached hydrogens (primary N) is 1. The average molecular weight is 478 g/mol. The number of rotatable bonds is 9. The summed E-state index contributed by atoms with van der Waals surface area (Å²) in [4.78, 5) is 24.0. The van der Waals surface area contributed by atoms with Gasteiger partial charge in [0.1, 0.15) is 5.75 Å². The van der Waals surface area contributed by atoms with E-state index >= 15 is 0 Å². The van der Waals surface area contributed by atoms with Gasteiger partial charge in [-0.3, -0.25) is 4.79 Å². The average Bonchev–Trinajstić information content (AvgIpc) is 2.75. The SMILES string of the molecule is CCCC(=O)Oc1cc(OC(=O)/C=C(C)/C=C/C=C(C)/C=C/C2=C(C)CCCC2(C)C)ccc1N. The van der Waals surface area contributed by atoms with Gasteiger partial charge in [-0.05, 0) is 75.1 Å². The molecular formula is C30H39NO4. The molecule has 0 heterocycles. The third kappa shape index (κ3) is 9.08. The number of esters is 2. The summed E-state index contributed by atoms with van der Waals surface area (Å²) in [5.41, 5.74) is 11.2. The Morgan fingerprint density at radius 3 is 2.54 bits per heavy atom. The molecule has 0 aliphatic heterocycles. The first-order valence-corrected chi connectivity index (χ1v) is 12.3. The van der Waals surface area contributed by atoms with Crippen LogP contribution in [0.25, 0.3) is 0 Å². The molecule has 0 atom stereocenters. The molecule has 35 heavy (non-hydrogen) atoms. The van der Waals surface area contributed by atoms with Crippen LogP contribution < -0.4 is 15.2 Å². The molecule has 0 radical (unpaired) electrons. The van der Waals surface area contributed by atoms with Gasteiger partial charge in [0.15, 0.2) is 5.75 Å². The summed E-state index contributed by atoms with van der Waals surface area (Å²) in [5.74, 6) is -0.459. The van der Waals surface area contributed by atoms with Crippen molar-refractivity contribution in [3.05, 3.63) is 76.9 Å². The summed E-state index contributed by atoms with van der Waals surface area (Å²) in [7, 11) is 0. The Kier molecular flexibility index (Phi) is 10.3. The van der Waals surface area contributed by atoms with E-state index in [4.69, 9.17) is 15.2 Å². The first kappa shape index (κ1) is 27.9. The Morgan fingerprint density at radius 2 is 1.86 bits per heavy atom. The minimum absolute atomic E-state index is 0.186. The molecule has 1 aliphatic carbocycles. The number of carbonyl (C=O) groups is 2. The van der Waals surface area contributed by atoms with Crippen molar-refractivity contribution in [1.82, 2.24) is 0 Å². The highest BCUT2D eigenvalue weighted by Gasteiger charge is 2.26. The Morgan fingerprint density at radius 1 is 1.11 bits per heavy atom. The lowest BCUT2D eigenvalue weighted by Crippen LogP contribution is -2.19. The second kappa shape index (κ2) is 12.9. The van der Waals surface area contributed by atoms with Crippen LogP contribution >= 0.6 is 0 Å². The van der Waals surface area contributed by atoms with E-state index in [9.17, 15) is 9.59 Å². The maximum absolute atomic E-state index is 12.3. The van der Waals surface area contributed by atoms with Crippen molar-refractivity contribution in [2.24, 2.45) is 5.41 Å². The van der Waals surface area contributed by atoms with Crippen molar-refractivity contribution in [2.75, 3.05) is 5.73 Å². The van der Waals surface area contributed by atoms with Gasteiger partial charge in [0.2, 0.25) is 0 Å². The van der Waals surface area contributed by atoms with Gasteiger partial charge in [0.25, 0.3) is 0 Å². The van der Waals surface area contributed by atoms with Gasteiger partial charge in [-0.25, -0.2) is 4.79 Å². The van der Waals surface area contributed by atoms with Crippen molar-refractivity contribution in [3.63, 3.8) is 0 Å². The zero-order chi connectivity index (χ0) is 26.0. The fraction of sp³-hybridized carbons (Fsp3) is 0.400. The number of nitrogen functional groups attached to an aromatic ring is 1. The molecule has 1 aliphatic rings. The Hall–Kier alpha value is -3.34. The van der Waals surface area contributed by atoms with Gasteiger partial charge in [0.05, 0.1) is 5.69 Å². The minimum Gasteiger partial charge on any atom is -0.424 e. The summed E-state index contributed by atoms with van der Waals surface area (Å²) in [6.45, 7) is 12.6. The molecule has 5 nitrogen and oxygen atoms in total. The molecule has 188 valence electrons. The molecule has 2 rings (SSSR count). The molecular weight excluding hydrogens is 438 g/mol. The maximum Gasteiger partial charge on any atom is 0.336 e. The third-order valence-corrected chi connectivity index (χ3v) is 6.00. The first-order valence-electron chi connectivity index (χ1n) is 12.3. The van der Waals surface area contributed by atoms with Crippen LogP contribution in [0.5, 0.6) is 11.5 Å². The predicted octanol–water partition coefficient (Wildman–Crippen LogP) is 7.41.